The fourth-order valence-electron chi connectivity index (χ4n) is 3.60. The number of hydrazone groups is 1. The summed E-state index contributed by atoms with van der Waals surface area (Å²) in [6, 6.07) is 10.3. The van der Waals surface area contributed by atoms with Gasteiger partial charge in [-0.15, -0.1) is 0 Å². The van der Waals surface area contributed by atoms with Gasteiger partial charge in [0.1, 0.15) is 5.04 Å². The fourth-order valence-corrected chi connectivity index (χ4v) is 4.59. The summed E-state index contributed by atoms with van der Waals surface area (Å²) in [6.45, 7) is 8.21. The van der Waals surface area contributed by atoms with E-state index in [2.05, 4.69) is 46.7 Å². The van der Waals surface area contributed by atoms with Crippen LogP contribution in [0.25, 0.3) is 11.8 Å². The number of rotatable bonds is 4. The van der Waals surface area contributed by atoms with Crippen LogP contribution in [0.15, 0.2) is 46.0 Å². The van der Waals surface area contributed by atoms with Gasteiger partial charge in [-0.25, -0.2) is 0 Å². The maximum Gasteiger partial charge on any atom is 0.283 e. The zero-order valence-electron chi connectivity index (χ0n) is 17.0. The van der Waals surface area contributed by atoms with Gasteiger partial charge in [-0.05, 0) is 80.8 Å². The number of nitrogens with one attached hydrogen (secondary N) is 1. The second-order valence-electron chi connectivity index (χ2n) is 7.26. The van der Waals surface area contributed by atoms with E-state index >= 15 is 0 Å². The van der Waals surface area contributed by atoms with Gasteiger partial charge in [0.15, 0.2) is 5.84 Å². The predicted molar refractivity (Wildman–Crippen MR) is 120 cm³/mol. The van der Waals surface area contributed by atoms with Crippen LogP contribution in [-0.4, -0.2) is 31.5 Å². The van der Waals surface area contributed by atoms with Crippen LogP contribution in [0.2, 0.25) is 0 Å². The van der Waals surface area contributed by atoms with E-state index in [1.54, 1.807) is 6.08 Å². The quantitative estimate of drug-likeness (QED) is 0.741. The van der Waals surface area contributed by atoms with Gasteiger partial charge >= 0.3 is 0 Å². The minimum Gasteiger partial charge on any atom is -0.318 e. The van der Waals surface area contributed by atoms with E-state index in [0.29, 0.717) is 5.17 Å². The highest BCUT2D eigenvalue weighted by Crippen LogP contribution is 2.31. The number of hydrogen-bond acceptors (Lipinski definition) is 4. The molecule has 6 nitrogen and oxygen atoms in total. The van der Waals surface area contributed by atoms with E-state index in [1.165, 1.54) is 22.3 Å². The molecule has 0 saturated carbocycles. The van der Waals surface area contributed by atoms with Gasteiger partial charge < -0.3 is 4.57 Å². The molecular formula is C22H23N5OS. The molecule has 7 heteroatoms. The summed E-state index contributed by atoms with van der Waals surface area (Å²) >= 11 is 1.38. The first kappa shape index (κ1) is 19.4. The molecule has 0 fully saturated rings. The molecule has 148 valence electrons. The lowest BCUT2D eigenvalue weighted by Gasteiger charge is -2.20. The number of aromatic nitrogens is 1. The monoisotopic (exact) mass is 405 g/mol. The van der Waals surface area contributed by atoms with Crippen molar-refractivity contribution in [3.05, 3.63) is 58.4 Å². The zero-order valence-corrected chi connectivity index (χ0v) is 17.8. The molecule has 29 heavy (non-hydrogen) atoms. The van der Waals surface area contributed by atoms with Crippen molar-refractivity contribution in [1.82, 2.24) is 9.58 Å². The second-order valence-corrected chi connectivity index (χ2v) is 8.31. The fraction of sp³-hybridized carbons (Fsp3) is 0.273. The van der Waals surface area contributed by atoms with Crippen LogP contribution in [0, 0.1) is 26.2 Å². The first-order chi connectivity index (χ1) is 13.9. The van der Waals surface area contributed by atoms with Gasteiger partial charge in [0.2, 0.25) is 5.17 Å². The van der Waals surface area contributed by atoms with E-state index < -0.39 is 0 Å². The third-order valence-electron chi connectivity index (χ3n) is 4.99. The summed E-state index contributed by atoms with van der Waals surface area (Å²) in [4.78, 5) is 16.8. The number of aliphatic imine (C=N–C) groups is 1. The molecule has 1 aromatic carbocycles. The van der Waals surface area contributed by atoms with Crippen molar-refractivity contribution in [2.75, 3.05) is 0 Å². The number of thioether (sulfide) groups is 1. The van der Waals surface area contributed by atoms with Crippen LogP contribution >= 0.6 is 11.8 Å². The topological polar surface area (TPSA) is 73.8 Å². The highest BCUT2D eigenvalue weighted by Gasteiger charge is 2.35. The smallest absolute Gasteiger partial charge is 0.283 e. The van der Waals surface area contributed by atoms with Crippen LogP contribution < -0.4 is 0 Å². The van der Waals surface area contributed by atoms with Crippen molar-refractivity contribution in [1.29, 1.82) is 5.41 Å². The largest absolute Gasteiger partial charge is 0.318 e. The Labute approximate surface area is 174 Å². The summed E-state index contributed by atoms with van der Waals surface area (Å²) in [6.07, 6.45) is 3.54. The number of fused-ring (bicyclic) bond motifs is 1. The van der Waals surface area contributed by atoms with E-state index in [-0.39, 0.29) is 17.3 Å². The molecule has 0 spiro atoms. The summed E-state index contributed by atoms with van der Waals surface area (Å²) in [7, 11) is 0. The van der Waals surface area contributed by atoms with Crippen molar-refractivity contribution in [2.45, 2.75) is 40.5 Å². The molecule has 0 atom stereocenters. The van der Waals surface area contributed by atoms with Crippen LogP contribution in [0.4, 0.5) is 0 Å². The number of nitrogens with zero attached hydrogens (tertiary/aromatic N) is 4. The molecular weight excluding hydrogens is 382 g/mol. The molecule has 2 aliphatic rings. The Morgan fingerprint density at radius 1 is 1.21 bits per heavy atom. The van der Waals surface area contributed by atoms with Crippen LogP contribution in [-0.2, 0) is 4.79 Å². The van der Waals surface area contributed by atoms with E-state index in [4.69, 9.17) is 5.41 Å². The van der Waals surface area contributed by atoms with Crippen LogP contribution in [0.5, 0.6) is 0 Å². The third kappa shape index (κ3) is 3.46. The average molecular weight is 406 g/mol. The van der Waals surface area contributed by atoms with Crippen molar-refractivity contribution in [3.63, 3.8) is 0 Å². The van der Waals surface area contributed by atoms with Gasteiger partial charge in [-0.3, -0.25) is 10.2 Å². The molecule has 2 aliphatic heterocycles. The lowest BCUT2D eigenvalue weighted by molar-refractivity contribution is -0.114. The predicted octanol–water partition coefficient (Wildman–Crippen LogP) is 4.82. The Morgan fingerprint density at radius 2 is 2.00 bits per heavy atom. The number of aryl methyl sites for hydroxylation is 2. The summed E-state index contributed by atoms with van der Waals surface area (Å²) in [5.41, 5.74) is 5.52. The first-order valence-corrected chi connectivity index (χ1v) is 10.5. The number of amides is 1. The van der Waals surface area contributed by atoms with Gasteiger partial charge in [0, 0.05) is 17.1 Å². The molecule has 3 heterocycles. The Hall–Kier alpha value is -2.93. The number of hydrogen-bond donors (Lipinski definition) is 1. The number of carbonyl (C=O) groups is 1. The lowest BCUT2D eigenvalue weighted by Crippen LogP contribution is -2.35. The van der Waals surface area contributed by atoms with Crippen molar-refractivity contribution in [3.8, 4) is 5.69 Å². The van der Waals surface area contributed by atoms with Crippen LogP contribution in [0.1, 0.15) is 42.3 Å². The Balaban J connectivity index is 1.73. The summed E-state index contributed by atoms with van der Waals surface area (Å²) in [5, 5.41) is 15.8. The average Bonchev–Trinajstić information content (AvgIpc) is 3.19. The molecule has 2 aromatic rings. The minimum atomic E-state index is -0.387. The van der Waals surface area contributed by atoms with Gasteiger partial charge in [0.25, 0.3) is 5.91 Å². The number of benzene rings is 1. The molecule has 0 bridgehead atoms. The minimum absolute atomic E-state index is 0.0824. The zero-order chi connectivity index (χ0) is 20.7. The van der Waals surface area contributed by atoms with Crippen molar-refractivity contribution in [2.24, 2.45) is 10.1 Å². The van der Waals surface area contributed by atoms with E-state index in [0.717, 1.165) is 40.5 Å². The molecule has 0 aliphatic carbocycles. The Morgan fingerprint density at radius 3 is 2.72 bits per heavy atom. The van der Waals surface area contributed by atoms with Crippen molar-refractivity contribution < 1.29 is 4.79 Å². The van der Waals surface area contributed by atoms with Gasteiger partial charge in [0.05, 0.1) is 5.57 Å². The molecule has 0 saturated heterocycles. The molecule has 1 aromatic heterocycles. The molecule has 1 N–H and O–H groups in total. The number of amidine groups is 2. The van der Waals surface area contributed by atoms with Crippen LogP contribution in [0.3, 0.4) is 0 Å². The maximum absolute atomic E-state index is 12.6. The highest BCUT2D eigenvalue weighted by atomic mass is 32.2. The number of carbonyl (C=O) groups excluding carboxylic acids is 1. The summed E-state index contributed by atoms with van der Waals surface area (Å²) in [5.74, 6) is -0.305. The molecule has 0 unspecified atom stereocenters. The maximum atomic E-state index is 12.6. The summed E-state index contributed by atoms with van der Waals surface area (Å²) < 4.78 is 2.16. The normalized spacial score (nSPS) is 17.7. The highest BCUT2D eigenvalue weighted by molar-refractivity contribution is 8.26. The molecule has 0 radical (unpaired) electrons. The molecule has 1 amide bonds. The van der Waals surface area contributed by atoms with Gasteiger partial charge in [-0.1, -0.05) is 19.1 Å². The molecule has 4 rings (SSSR count). The standard InChI is InChI=1S/C22H23N5OS/c1-5-7-19-25-27-20(23)18(21(28)24-22(27)29-19)12-16-11-14(3)26(15(16)4)17-9-6-8-13(2)10-17/h6,8-12,23H,5,7H2,1-4H3/b18-12+,23-20?. The second kappa shape index (κ2) is 7.48. The van der Waals surface area contributed by atoms with Gasteiger partial charge in [-0.2, -0.15) is 15.1 Å². The Kier molecular flexibility index (Phi) is 5.00. The van der Waals surface area contributed by atoms with Crippen molar-refractivity contribution >= 4 is 39.8 Å². The Bertz CT molecular complexity index is 1120. The lowest BCUT2D eigenvalue weighted by atomic mass is 10.1. The van der Waals surface area contributed by atoms with E-state index in [9.17, 15) is 4.79 Å². The van der Waals surface area contributed by atoms with E-state index in [1.807, 2.05) is 26.0 Å². The SMILES string of the molecule is CCCC1=NN2C(=N)/C(=C\c3cc(C)n(-c4cccc(C)c4)c3C)C(=O)N=C2S1. The first-order valence-electron chi connectivity index (χ1n) is 9.64. The third-order valence-corrected chi connectivity index (χ3v) is 5.96.